The normalized spacial score (nSPS) is 16.1. The summed E-state index contributed by atoms with van der Waals surface area (Å²) in [5.41, 5.74) is 0.572. The lowest BCUT2D eigenvalue weighted by atomic mass is 9.95. The molecule has 0 spiro atoms. The first-order valence-electron chi connectivity index (χ1n) is 8.68. The van der Waals surface area contributed by atoms with Crippen LogP contribution < -0.4 is 14.2 Å². The number of Topliss-reactive ketones (excluding diaryl/α,β-unsaturated/α-hetero) is 1. The topological polar surface area (TPSA) is 142 Å². The summed E-state index contributed by atoms with van der Waals surface area (Å²) in [5, 5.41) is 20.1. The summed E-state index contributed by atoms with van der Waals surface area (Å²) in [6.45, 7) is -0.0660. The Morgan fingerprint density at radius 3 is 2.62 bits per heavy atom. The lowest BCUT2D eigenvalue weighted by molar-refractivity contribution is 0.0844. The first-order valence-corrected chi connectivity index (χ1v) is 10.3. The molecule has 0 saturated carbocycles. The van der Waals surface area contributed by atoms with Gasteiger partial charge in [0.25, 0.3) is 0 Å². The lowest BCUT2D eigenvalue weighted by Gasteiger charge is -2.26. The Kier molecular flexibility index (Phi) is 5.85. The number of fused-ring (bicyclic) bond motifs is 1. The Morgan fingerprint density at radius 2 is 1.97 bits per heavy atom. The molecule has 2 aromatic carbocycles. The average molecular weight is 423 g/mol. The molecule has 156 valence electrons. The van der Waals surface area contributed by atoms with Gasteiger partial charge in [0.05, 0.1) is 30.3 Å². The number of hydrogen-bond acceptors (Lipinski definition) is 9. The van der Waals surface area contributed by atoms with Crippen molar-refractivity contribution < 1.29 is 42.2 Å². The van der Waals surface area contributed by atoms with Crippen molar-refractivity contribution in [3.8, 4) is 28.7 Å². The van der Waals surface area contributed by atoms with Crippen LogP contribution in [0.1, 0.15) is 34.9 Å². The zero-order valence-corrected chi connectivity index (χ0v) is 16.3. The van der Waals surface area contributed by atoms with Crippen molar-refractivity contribution in [1.29, 1.82) is 0 Å². The predicted molar refractivity (Wildman–Crippen MR) is 99.8 cm³/mol. The van der Waals surface area contributed by atoms with Crippen LogP contribution in [0.25, 0.3) is 0 Å². The smallest absolute Gasteiger partial charge is 0.174 e. The first-order chi connectivity index (χ1) is 13.7. The van der Waals surface area contributed by atoms with E-state index in [-0.39, 0.29) is 59.5 Å². The molecule has 0 saturated heterocycles. The molecule has 0 radical (unpaired) electrons. The summed E-state index contributed by atoms with van der Waals surface area (Å²) in [6, 6.07) is 7.28. The predicted octanol–water partition coefficient (Wildman–Crippen LogP) is 2.13. The molecule has 3 rings (SSSR count). The molecule has 0 fully saturated rings. The molecule has 1 heterocycles. The highest BCUT2D eigenvalue weighted by atomic mass is 32.2. The van der Waals surface area contributed by atoms with Crippen molar-refractivity contribution in [2.75, 3.05) is 19.5 Å². The van der Waals surface area contributed by atoms with Crippen molar-refractivity contribution in [1.82, 2.24) is 0 Å². The van der Waals surface area contributed by atoms with Crippen molar-refractivity contribution in [3.05, 3.63) is 41.5 Å². The number of benzene rings is 2. The SMILES string of the molecule is COc1ccc(C2CC(=O)c3c(O)cc(OCCCS(=O)(=O)[O-])cc3O2)cc1O. The standard InChI is InChI=1S/C19H20O9S/c1-26-16-4-3-11(7-13(16)20)17-10-15(22)19-14(21)8-12(9-18(19)28-17)27-5-2-6-29(23,24)25/h3-4,7-9,17,20-21H,2,5-6,10H2,1H3,(H,23,24,25)/p-1. The zero-order valence-electron chi connectivity index (χ0n) is 15.5. The molecule has 1 aliphatic heterocycles. The third-order valence-electron chi connectivity index (χ3n) is 4.36. The summed E-state index contributed by atoms with van der Waals surface area (Å²) in [5.74, 6) is -0.779. The molecule has 0 amide bonds. The minimum atomic E-state index is -4.33. The van der Waals surface area contributed by atoms with Crippen molar-refractivity contribution in [2.45, 2.75) is 18.9 Å². The lowest BCUT2D eigenvalue weighted by Crippen LogP contribution is -2.20. The number of ether oxygens (including phenoxy) is 3. The van der Waals surface area contributed by atoms with Crippen LogP contribution in [0.5, 0.6) is 28.7 Å². The summed E-state index contributed by atoms with van der Waals surface area (Å²) in [4.78, 5) is 12.5. The highest BCUT2D eigenvalue weighted by Crippen LogP contribution is 2.43. The zero-order chi connectivity index (χ0) is 21.2. The fraction of sp³-hybridized carbons (Fsp3) is 0.316. The summed E-state index contributed by atoms with van der Waals surface area (Å²) < 4.78 is 48.1. The number of ketones is 1. The molecule has 10 heteroatoms. The maximum Gasteiger partial charge on any atom is 0.174 e. The van der Waals surface area contributed by atoms with Gasteiger partial charge in [-0.1, -0.05) is 6.07 Å². The van der Waals surface area contributed by atoms with Crippen LogP contribution in [-0.4, -0.2) is 48.4 Å². The quantitative estimate of drug-likeness (QED) is 0.506. The maximum atomic E-state index is 12.5. The van der Waals surface area contributed by atoms with E-state index in [1.54, 1.807) is 12.1 Å². The monoisotopic (exact) mass is 423 g/mol. The third-order valence-corrected chi connectivity index (χ3v) is 5.14. The first kappa shape index (κ1) is 20.7. The fourth-order valence-corrected chi connectivity index (χ4v) is 3.49. The van der Waals surface area contributed by atoms with Crippen LogP contribution in [0, 0.1) is 0 Å². The number of rotatable bonds is 7. The van der Waals surface area contributed by atoms with Gasteiger partial charge in [-0.05, 0) is 24.1 Å². The van der Waals surface area contributed by atoms with Crippen molar-refractivity contribution >= 4 is 15.9 Å². The highest BCUT2D eigenvalue weighted by molar-refractivity contribution is 7.85. The number of phenols is 2. The maximum absolute atomic E-state index is 12.5. The number of methoxy groups -OCH3 is 1. The Morgan fingerprint density at radius 1 is 1.21 bits per heavy atom. The van der Waals surface area contributed by atoms with E-state index >= 15 is 0 Å². The Balaban J connectivity index is 1.79. The average Bonchev–Trinajstić information content (AvgIpc) is 2.63. The van der Waals surface area contributed by atoms with E-state index in [9.17, 15) is 28.0 Å². The molecule has 1 unspecified atom stereocenters. The molecule has 0 aromatic heterocycles. The molecule has 0 bridgehead atoms. The van der Waals surface area contributed by atoms with Crippen LogP contribution in [0.3, 0.4) is 0 Å². The third kappa shape index (κ3) is 4.90. The Hall–Kier alpha value is -2.98. The molecule has 1 atom stereocenters. The fourth-order valence-electron chi connectivity index (χ4n) is 3.02. The van der Waals surface area contributed by atoms with E-state index < -0.39 is 22.0 Å². The van der Waals surface area contributed by atoms with Gasteiger partial charge in [0.15, 0.2) is 17.3 Å². The molecule has 2 aromatic rings. The Bertz CT molecular complexity index is 1030. The number of carbonyl (C=O) groups excluding carboxylic acids is 1. The van der Waals surface area contributed by atoms with Crippen molar-refractivity contribution in [2.24, 2.45) is 0 Å². The summed E-state index contributed by atoms with van der Waals surface area (Å²) in [7, 11) is -2.91. The van der Waals surface area contributed by atoms with E-state index in [1.165, 1.54) is 25.3 Å². The molecular weight excluding hydrogens is 404 g/mol. The second-order valence-electron chi connectivity index (χ2n) is 6.44. The number of carbonyl (C=O) groups is 1. The molecule has 2 N–H and O–H groups in total. The van der Waals surface area contributed by atoms with Gasteiger partial charge in [-0.2, -0.15) is 0 Å². The minimum Gasteiger partial charge on any atom is -0.748 e. The number of hydrogen-bond donors (Lipinski definition) is 2. The van der Waals surface area contributed by atoms with E-state index in [4.69, 9.17) is 14.2 Å². The van der Waals surface area contributed by atoms with E-state index in [2.05, 4.69) is 0 Å². The van der Waals surface area contributed by atoms with Crippen LogP contribution in [0.4, 0.5) is 0 Å². The second kappa shape index (κ2) is 8.18. The van der Waals surface area contributed by atoms with Gasteiger partial charge in [-0.25, -0.2) is 8.42 Å². The van der Waals surface area contributed by atoms with E-state index in [0.717, 1.165) is 0 Å². The van der Waals surface area contributed by atoms with Crippen LogP contribution in [0.15, 0.2) is 30.3 Å². The molecule has 0 aliphatic carbocycles. The van der Waals surface area contributed by atoms with Crippen molar-refractivity contribution in [3.63, 3.8) is 0 Å². The molecule has 9 nitrogen and oxygen atoms in total. The van der Waals surface area contributed by atoms with Gasteiger partial charge in [0.1, 0.15) is 28.9 Å². The molecule has 29 heavy (non-hydrogen) atoms. The largest absolute Gasteiger partial charge is 0.748 e. The second-order valence-corrected chi connectivity index (χ2v) is 7.97. The van der Waals surface area contributed by atoms with Crippen LogP contribution in [0.2, 0.25) is 0 Å². The highest BCUT2D eigenvalue weighted by Gasteiger charge is 2.31. The number of aromatic hydroxyl groups is 2. The summed E-state index contributed by atoms with van der Waals surface area (Å²) in [6.07, 6.45) is -0.738. The van der Waals surface area contributed by atoms with Gasteiger partial charge >= 0.3 is 0 Å². The molecule has 1 aliphatic rings. The van der Waals surface area contributed by atoms with Gasteiger partial charge in [0.2, 0.25) is 0 Å². The Labute approximate surface area is 167 Å². The van der Waals surface area contributed by atoms with Gasteiger partial charge < -0.3 is 29.0 Å². The van der Waals surface area contributed by atoms with Crippen LogP contribution >= 0.6 is 0 Å². The van der Waals surface area contributed by atoms with Crippen LogP contribution in [-0.2, 0) is 10.1 Å². The van der Waals surface area contributed by atoms with E-state index in [0.29, 0.717) is 5.56 Å². The summed E-state index contributed by atoms with van der Waals surface area (Å²) >= 11 is 0. The van der Waals surface area contributed by atoms with Gasteiger partial charge in [0, 0.05) is 17.9 Å². The van der Waals surface area contributed by atoms with Gasteiger partial charge in [-0.3, -0.25) is 4.79 Å². The number of phenolic OH excluding ortho intramolecular Hbond substituents is 2. The van der Waals surface area contributed by atoms with E-state index in [1.807, 2.05) is 0 Å². The molecular formula is C19H19O9S-. The minimum absolute atomic E-state index is 0.0166. The van der Waals surface area contributed by atoms with Gasteiger partial charge in [-0.15, -0.1) is 0 Å².